The lowest BCUT2D eigenvalue weighted by Gasteiger charge is -2.19. The van der Waals surface area contributed by atoms with Crippen LogP contribution in [0.2, 0.25) is 0 Å². The highest BCUT2D eigenvalue weighted by molar-refractivity contribution is 5.89. The van der Waals surface area contributed by atoms with Gasteiger partial charge in [-0.25, -0.2) is 0 Å². The summed E-state index contributed by atoms with van der Waals surface area (Å²) in [5.74, 6) is -0.260. The van der Waals surface area contributed by atoms with Gasteiger partial charge in [-0.05, 0) is 34.2 Å². The molecule has 3 aromatic carbocycles. The minimum absolute atomic E-state index is 0.0617. The molecule has 0 saturated heterocycles. The van der Waals surface area contributed by atoms with Crippen LogP contribution in [0.15, 0.2) is 66.7 Å². The topological polar surface area (TPSA) is 35.2 Å². The maximum absolute atomic E-state index is 12.3. The molecule has 3 rings (SSSR count). The van der Waals surface area contributed by atoms with Gasteiger partial charge in [-0.2, -0.15) is 0 Å². The third-order valence-electron chi connectivity index (χ3n) is 4.57. The van der Waals surface area contributed by atoms with E-state index in [2.05, 4.69) is 37.6 Å². The lowest BCUT2D eigenvalue weighted by atomic mass is 9.86. The van der Waals surface area contributed by atoms with Crippen molar-refractivity contribution in [2.45, 2.75) is 32.5 Å². The van der Waals surface area contributed by atoms with Crippen molar-refractivity contribution < 1.29 is 17.9 Å². The lowest BCUT2D eigenvalue weighted by Crippen LogP contribution is -2.16. The number of benzene rings is 3. The first-order chi connectivity index (χ1) is 13.0. The quantitative estimate of drug-likeness (QED) is 0.503. The number of anilines is 1. The molecule has 0 aliphatic carbocycles. The molecule has 0 spiro atoms. The summed E-state index contributed by atoms with van der Waals surface area (Å²) in [6.45, 7) is 6.47. The van der Waals surface area contributed by atoms with Crippen molar-refractivity contribution in [1.29, 1.82) is 0 Å². The van der Waals surface area contributed by atoms with Crippen LogP contribution in [0.25, 0.3) is 22.3 Å². The fourth-order valence-corrected chi connectivity index (χ4v) is 3.05. The Bertz CT molecular complexity index is 953. The van der Waals surface area contributed by atoms with Gasteiger partial charge in [-0.15, -0.1) is 13.2 Å². The van der Waals surface area contributed by atoms with Gasteiger partial charge in [0, 0.05) is 16.8 Å². The molecular weight excluding hydrogens is 363 g/mol. The number of nitrogens with two attached hydrogens (primary N) is 1. The molecule has 3 aromatic rings. The highest BCUT2D eigenvalue weighted by atomic mass is 19.4. The second-order valence-electron chi connectivity index (χ2n) is 7.67. The first kappa shape index (κ1) is 19.8. The van der Waals surface area contributed by atoms with Gasteiger partial charge in [0.05, 0.1) is 0 Å². The van der Waals surface area contributed by atoms with Crippen LogP contribution in [0.4, 0.5) is 18.9 Å². The normalized spacial score (nSPS) is 12.1. The first-order valence-corrected chi connectivity index (χ1v) is 8.90. The van der Waals surface area contributed by atoms with Gasteiger partial charge in [-0.1, -0.05) is 75.4 Å². The summed E-state index contributed by atoms with van der Waals surface area (Å²) in [5, 5.41) is 0. The number of ether oxygens (including phenoxy) is 1. The molecule has 5 heteroatoms. The van der Waals surface area contributed by atoms with E-state index in [-0.39, 0.29) is 11.2 Å². The maximum Gasteiger partial charge on any atom is 0.573 e. The largest absolute Gasteiger partial charge is 0.573 e. The highest BCUT2D eigenvalue weighted by Gasteiger charge is 2.31. The maximum atomic E-state index is 12.3. The Labute approximate surface area is 162 Å². The molecule has 0 aliphatic heterocycles. The first-order valence-electron chi connectivity index (χ1n) is 8.90. The molecular formula is C23H22F3NO. The number of rotatable bonds is 3. The zero-order valence-corrected chi connectivity index (χ0v) is 16.0. The summed E-state index contributed by atoms with van der Waals surface area (Å²) in [7, 11) is 0. The van der Waals surface area contributed by atoms with Gasteiger partial charge in [0.25, 0.3) is 0 Å². The molecule has 0 aliphatic rings. The molecule has 0 atom stereocenters. The number of halogens is 3. The van der Waals surface area contributed by atoms with Crippen molar-refractivity contribution >= 4 is 5.69 Å². The summed E-state index contributed by atoms with van der Waals surface area (Å²) in [6, 6.07) is 19.6. The third-order valence-corrected chi connectivity index (χ3v) is 4.57. The van der Waals surface area contributed by atoms with Gasteiger partial charge < -0.3 is 10.5 Å². The van der Waals surface area contributed by atoms with Gasteiger partial charge in [-0.3, -0.25) is 0 Å². The molecule has 0 heterocycles. The number of alkyl halides is 3. The second kappa shape index (κ2) is 7.23. The van der Waals surface area contributed by atoms with Gasteiger partial charge in [0.15, 0.2) is 0 Å². The van der Waals surface area contributed by atoms with Crippen LogP contribution >= 0.6 is 0 Å². The minimum Gasteiger partial charge on any atom is -0.406 e. The van der Waals surface area contributed by atoms with Gasteiger partial charge >= 0.3 is 6.36 Å². The fourth-order valence-electron chi connectivity index (χ4n) is 3.05. The van der Waals surface area contributed by atoms with Crippen LogP contribution in [0, 0.1) is 0 Å². The predicted molar refractivity (Wildman–Crippen MR) is 107 cm³/mol. The minimum atomic E-state index is -4.71. The Hall–Kier alpha value is -2.95. The Balaban J connectivity index is 1.93. The molecule has 28 heavy (non-hydrogen) atoms. The van der Waals surface area contributed by atoms with Crippen LogP contribution in [-0.2, 0) is 5.41 Å². The molecule has 0 fully saturated rings. The van der Waals surface area contributed by atoms with Crippen molar-refractivity contribution in [2.75, 3.05) is 5.73 Å². The molecule has 2 nitrogen and oxygen atoms in total. The van der Waals surface area contributed by atoms with E-state index in [0.717, 1.165) is 22.3 Å². The SMILES string of the molecule is CC(C)(C)c1ccc(-c2cccc(-c3ccc(OC(F)(F)F)cc3)c2N)cc1. The van der Waals surface area contributed by atoms with Crippen LogP contribution in [0.5, 0.6) is 5.75 Å². The van der Waals surface area contributed by atoms with Crippen LogP contribution in [-0.4, -0.2) is 6.36 Å². The van der Waals surface area contributed by atoms with Crippen LogP contribution in [0.3, 0.4) is 0 Å². The zero-order valence-electron chi connectivity index (χ0n) is 16.0. The van der Waals surface area contributed by atoms with E-state index in [1.165, 1.54) is 17.7 Å². The molecule has 146 valence electrons. The number of hydrogen-bond acceptors (Lipinski definition) is 2. The van der Waals surface area contributed by atoms with Crippen molar-refractivity contribution in [3.63, 3.8) is 0 Å². The number of para-hydroxylation sites is 1. The van der Waals surface area contributed by atoms with E-state index >= 15 is 0 Å². The van der Waals surface area contributed by atoms with E-state index < -0.39 is 6.36 Å². The number of hydrogen-bond donors (Lipinski definition) is 1. The summed E-state index contributed by atoms with van der Waals surface area (Å²) in [4.78, 5) is 0. The van der Waals surface area contributed by atoms with E-state index in [4.69, 9.17) is 5.73 Å². The molecule has 0 amide bonds. The average molecular weight is 385 g/mol. The zero-order chi connectivity index (χ0) is 20.5. The van der Waals surface area contributed by atoms with E-state index in [9.17, 15) is 13.2 Å². The standard InChI is InChI=1S/C23H22F3NO/c1-22(2,3)17-11-7-15(8-12-17)19-5-4-6-20(21(19)27)16-9-13-18(14-10-16)28-23(24,25)26/h4-14H,27H2,1-3H3. The van der Waals surface area contributed by atoms with E-state index in [0.29, 0.717) is 5.69 Å². The van der Waals surface area contributed by atoms with Crippen molar-refractivity contribution in [3.05, 3.63) is 72.3 Å². The molecule has 0 bridgehead atoms. The van der Waals surface area contributed by atoms with Crippen LogP contribution < -0.4 is 10.5 Å². The van der Waals surface area contributed by atoms with Crippen LogP contribution in [0.1, 0.15) is 26.3 Å². The van der Waals surface area contributed by atoms with Crippen molar-refractivity contribution in [3.8, 4) is 28.0 Å². The Morgan fingerprint density at radius 2 is 1.18 bits per heavy atom. The second-order valence-corrected chi connectivity index (χ2v) is 7.67. The number of nitrogen functional groups attached to an aromatic ring is 1. The Morgan fingerprint density at radius 3 is 1.61 bits per heavy atom. The molecule has 2 N–H and O–H groups in total. The average Bonchev–Trinajstić information content (AvgIpc) is 2.61. The van der Waals surface area contributed by atoms with Gasteiger partial charge in [0.2, 0.25) is 0 Å². The summed E-state index contributed by atoms with van der Waals surface area (Å²) in [5.41, 5.74) is 11.6. The Morgan fingerprint density at radius 1 is 0.714 bits per heavy atom. The molecule has 0 aromatic heterocycles. The Kier molecular flexibility index (Phi) is 5.11. The predicted octanol–water partition coefficient (Wildman–Crippen LogP) is 6.80. The summed E-state index contributed by atoms with van der Waals surface area (Å²) >= 11 is 0. The summed E-state index contributed by atoms with van der Waals surface area (Å²) in [6.07, 6.45) is -4.71. The van der Waals surface area contributed by atoms with E-state index in [1.54, 1.807) is 12.1 Å². The van der Waals surface area contributed by atoms with Gasteiger partial charge in [0.1, 0.15) is 5.75 Å². The smallest absolute Gasteiger partial charge is 0.406 e. The highest BCUT2D eigenvalue weighted by Crippen LogP contribution is 2.36. The van der Waals surface area contributed by atoms with Crippen molar-refractivity contribution in [1.82, 2.24) is 0 Å². The molecule has 0 saturated carbocycles. The molecule has 0 unspecified atom stereocenters. The third kappa shape index (κ3) is 4.47. The lowest BCUT2D eigenvalue weighted by molar-refractivity contribution is -0.274. The van der Waals surface area contributed by atoms with Crippen molar-refractivity contribution in [2.24, 2.45) is 0 Å². The summed E-state index contributed by atoms with van der Waals surface area (Å²) < 4.78 is 40.9. The molecule has 0 radical (unpaired) electrons. The monoisotopic (exact) mass is 385 g/mol. The van der Waals surface area contributed by atoms with E-state index in [1.807, 2.05) is 30.3 Å². The fraction of sp³-hybridized carbons (Fsp3) is 0.217.